The molecule has 1 saturated carbocycles. The van der Waals surface area contributed by atoms with Crippen molar-refractivity contribution in [1.29, 1.82) is 0 Å². The van der Waals surface area contributed by atoms with Gasteiger partial charge in [0, 0.05) is 36.7 Å². The van der Waals surface area contributed by atoms with Crippen LogP contribution >= 0.6 is 0 Å². The molecule has 1 aromatic rings. The van der Waals surface area contributed by atoms with Crippen molar-refractivity contribution in [1.82, 2.24) is 15.3 Å². The van der Waals surface area contributed by atoms with Crippen molar-refractivity contribution >= 4 is 11.7 Å². The molecule has 0 radical (unpaired) electrons. The standard InChI is InChI=1S/C19H28N4O/c1-13-16-7-8-17(24)23(12-14-5-3-2-4-6-14)19(16)22-18(21-13)15-9-10-20-11-15/h14-15,20H,2-12H2,1H3. The van der Waals surface area contributed by atoms with E-state index in [0.717, 1.165) is 49.8 Å². The van der Waals surface area contributed by atoms with Gasteiger partial charge in [0.1, 0.15) is 11.6 Å². The van der Waals surface area contributed by atoms with E-state index in [1.165, 1.54) is 37.7 Å². The normalized spacial score (nSPS) is 25.1. The van der Waals surface area contributed by atoms with Crippen molar-refractivity contribution in [2.24, 2.45) is 5.92 Å². The number of fused-ring (bicyclic) bond motifs is 1. The lowest BCUT2D eigenvalue weighted by Crippen LogP contribution is -2.40. The molecular weight excluding hydrogens is 300 g/mol. The third-order valence-corrected chi connectivity index (χ3v) is 5.95. The second-order valence-electron chi connectivity index (χ2n) is 7.67. The Morgan fingerprint density at radius 1 is 1.12 bits per heavy atom. The molecule has 24 heavy (non-hydrogen) atoms. The summed E-state index contributed by atoms with van der Waals surface area (Å²) in [5.74, 6) is 3.13. The molecule has 1 amide bonds. The fraction of sp³-hybridized carbons (Fsp3) is 0.737. The summed E-state index contributed by atoms with van der Waals surface area (Å²) in [6.07, 6.45) is 8.96. The lowest BCUT2D eigenvalue weighted by Gasteiger charge is -2.33. The highest BCUT2D eigenvalue weighted by atomic mass is 16.2. The lowest BCUT2D eigenvalue weighted by atomic mass is 9.88. The third-order valence-electron chi connectivity index (χ3n) is 5.95. The van der Waals surface area contributed by atoms with Crippen LogP contribution in [0.5, 0.6) is 0 Å². The van der Waals surface area contributed by atoms with Crippen molar-refractivity contribution in [3.05, 3.63) is 17.1 Å². The molecule has 0 bridgehead atoms. The molecule has 1 unspecified atom stereocenters. The van der Waals surface area contributed by atoms with Crippen LogP contribution in [0, 0.1) is 12.8 Å². The summed E-state index contributed by atoms with van der Waals surface area (Å²) in [4.78, 5) is 24.3. The Morgan fingerprint density at radius 2 is 1.96 bits per heavy atom. The number of anilines is 1. The topological polar surface area (TPSA) is 58.1 Å². The molecule has 3 aliphatic rings. The van der Waals surface area contributed by atoms with E-state index in [9.17, 15) is 4.79 Å². The van der Waals surface area contributed by atoms with E-state index in [4.69, 9.17) is 9.97 Å². The lowest BCUT2D eigenvalue weighted by molar-refractivity contribution is -0.119. The molecule has 1 saturated heterocycles. The van der Waals surface area contributed by atoms with Gasteiger partial charge in [-0.05, 0) is 45.1 Å². The molecular formula is C19H28N4O. The Morgan fingerprint density at radius 3 is 2.71 bits per heavy atom. The molecule has 1 atom stereocenters. The van der Waals surface area contributed by atoms with E-state index in [0.29, 0.717) is 18.3 Å². The Balaban J connectivity index is 1.64. The number of rotatable bonds is 3. The monoisotopic (exact) mass is 328 g/mol. The molecule has 0 spiro atoms. The van der Waals surface area contributed by atoms with Crippen LogP contribution < -0.4 is 10.2 Å². The fourth-order valence-electron chi connectivity index (χ4n) is 4.48. The number of amides is 1. The molecule has 4 rings (SSSR count). The van der Waals surface area contributed by atoms with E-state index in [2.05, 4.69) is 12.2 Å². The second-order valence-corrected chi connectivity index (χ2v) is 7.67. The zero-order valence-corrected chi connectivity index (χ0v) is 14.7. The highest BCUT2D eigenvalue weighted by Gasteiger charge is 2.31. The minimum atomic E-state index is 0.252. The average Bonchev–Trinajstić information content (AvgIpc) is 3.13. The maximum atomic E-state index is 12.6. The summed E-state index contributed by atoms with van der Waals surface area (Å²) >= 11 is 0. The van der Waals surface area contributed by atoms with Crippen molar-refractivity contribution < 1.29 is 4.79 Å². The van der Waals surface area contributed by atoms with Gasteiger partial charge in [-0.15, -0.1) is 0 Å². The molecule has 0 aromatic carbocycles. The highest BCUT2D eigenvalue weighted by Crippen LogP contribution is 2.33. The van der Waals surface area contributed by atoms with Gasteiger partial charge in [0.05, 0.1) is 0 Å². The largest absolute Gasteiger partial charge is 0.316 e. The zero-order chi connectivity index (χ0) is 16.5. The van der Waals surface area contributed by atoms with Crippen LogP contribution in [0.25, 0.3) is 0 Å². The van der Waals surface area contributed by atoms with Crippen molar-refractivity contribution in [2.45, 2.75) is 64.2 Å². The second kappa shape index (κ2) is 6.79. The summed E-state index contributed by atoms with van der Waals surface area (Å²) < 4.78 is 0. The van der Waals surface area contributed by atoms with Crippen LogP contribution in [0.15, 0.2) is 0 Å². The van der Waals surface area contributed by atoms with E-state index in [1.807, 2.05) is 4.90 Å². The summed E-state index contributed by atoms with van der Waals surface area (Å²) in [5.41, 5.74) is 2.27. The molecule has 130 valence electrons. The summed E-state index contributed by atoms with van der Waals surface area (Å²) in [5, 5.41) is 3.40. The van der Waals surface area contributed by atoms with Gasteiger partial charge in [-0.3, -0.25) is 9.69 Å². The Hall–Kier alpha value is -1.49. The van der Waals surface area contributed by atoms with Gasteiger partial charge in [0.2, 0.25) is 5.91 Å². The maximum absolute atomic E-state index is 12.6. The summed E-state index contributed by atoms with van der Waals surface area (Å²) in [6.45, 7) is 4.93. The van der Waals surface area contributed by atoms with Gasteiger partial charge >= 0.3 is 0 Å². The molecule has 3 heterocycles. The van der Waals surface area contributed by atoms with Crippen LogP contribution in [0.3, 0.4) is 0 Å². The van der Waals surface area contributed by atoms with E-state index in [1.54, 1.807) is 0 Å². The number of aryl methyl sites for hydroxylation is 1. The van der Waals surface area contributed by atoms with Crippen LogP contribution in [0.1, 0.15) is 67.9 Å². The molecule has 1 aliphatic carbocycles. The molecule has 1 aromatic heterocycles. The van der Waals surface area contributed by atoms with Crippen LogP contribution in [-0.4, -0.2) is 35.5 Å². The average molecular weight is 328 g/mol. The summed E-state index contributed by atoms with van der Waals surface area (Å²) in [7, 11) is 0. The predicted octanol–water partition coefficient (Wildman–Crippen LogP) is 2.72. The molecule has 5 heteroatoms. The SMILES string of the molecule is Cc1nc(C2CCNC2)nc2c1CCC(=O)N2CC1CCCCC1. The third kappa shape index (κ3) is 3.06. The maximum Gasteiger partial charge on any atom is 0.228 e. The number of hydrogen-bond donors (Lipinski definition) is 1. The van der Waals surface area contributed by atoms with Gasteiger partial charge < -0.3 is 5.32 Å². The van der Waals surface area contributed by atoms with Crippen LogP contribution in [-0.2, 0) is 11.2 Å². The number of nitrogens with one attached hydrogen (secondary N) is 1. The van der Waals surface area contributed by atoms with Crippen molar-refractivity contribution in [3.8, 4) is 0 Å². The molecule has 5 nitrogen and oxygen atoms in total. The van der Waals surface area contributed by atoms with Gasteiger partial charge in [-0.1, -0.05) is 19.3 Å². The van der Waals surface area contributed by atoms with Gasteiger partial charge in [0.25, 0.3) is 0 Å². The number of nitrogens with zero attached hydrogens (tertiary/aromatic N) is 3. The molecule has 2 aliphatic heterocycles. The first-order valence-electron chi connectivity index (χ1n) is 9.61. The Labute approximate surface area is 144 Å². The first-order chi connectivity index (χ1) is 11.7. The number of carbonyl (C=O) groups excluding carboxylic acids is 1. The van der Waals surface area contributed by atoms with Gasteiger partial charge in [-0.25, -0.2) is 9.97 Å². The Bertz CT molecular complexity index is 618. The minimum Gasteiger partial charge on any atom is -0.316 e. The number of carbonyl (C=O) groups is 1. The van der Waals surface area contributed by atoms with E-state index < -0.39 is 0 Å². The number of aromatic nitrogens is 2. The fourth-order valence-corrected chi connectivity index (χ4v) is 4.48. The van der Waals surface area contributed by atoms with Gasteiger partial charge in [-0.2, -0.15) is 0 Å². The van der Waals surface area contributed by atoms with E-state index >= 15 is 0 Å². The summed E-state index contributed by atoms with van der Waals surface area (Å²) in [6, 6.07) is 0. The van der Waals surface area contributed by atoms with Crippen molar-refractivity contribution in [3.63, 3.8) is 0 Å². The first kappa shape index (κ1) is 16.0. The predicted molar refractivity (Wildman–Crippen MR) is 94.2 cm³/mol. The quantitative estimate of drug-likeness (QED) is 0.927. The molecule has 2 fully saturated rings. The van der Waals surface area contributed by atoms with Crippen LogP contribution in [0.4, 0.5) is 5.82 Å². The van der Waals surface area contributed by atoms with Crippen molar-refractivity contribution in [2.75, 3.05) is 24.5 Å². The van der Waals surface area contributed by atoms with E-state index in [-0.39, 0.29) is 5.91 Å². The zero-order valence-electron chi connectivity index (χ0n) is 14.7. The highest BCUT2D eigenvalue weighted by molar-refractivity contribution is 5.95. The smallest absolute Gasteiger partial charge is 0.228 e. The first-order valence-corrected chi connectivity index (χ1v) is 9.61. The molecule has 1 N–H and O–H groups in total. The number of hydrogen-bond acceptors (Lipinski definition) is 4. The minimum absolute atomic E-state index is 0.252. The Kier molecular flexibility index (Phi) is 4.53. The van der Waals surface area contributed by atoms with Gasteiger partial charge in [0.15, 0.2) is 0 Å². The van der Waals surface area contributed by atoms with Crippen LogP contribution in [0.2, 0.25) is 0 Å².